The van der Waals surface area contributed by atoms with E-state index in [-0.39, 0.29) is 0 Å². The lowest BCUT2D eigenvalue weighted by atomic mass is 10.1. The lowest BCUT2D eigenvalue weighted by Crippen LogP contribution is -2.07. The monoisotopic (exact) mass is 352 g/mol. The third-order valence-corrected chi connectivity index (χ3v) is 4.74. The molecule has 0 radical (unpaired) electrons. The first kappa shape index (κ1) is 15.6. The Balaban J connectivity index is 1.86. The maximum absolute atomic E-state index is 12.7. The molecule has 0 saturated carbocycles. The number of para-hydroxylation sites is 3. The Kier molecular flexibility index (Phi) is 3.44. The summed E-state index contributed by atoms with van der Waals surface area (Å²) in [4.78, 5) is 17.5. The molecule has 0 unspecified atom stereocenters. The Bertz CT molecular complexity index is 1340. The molecule has 0 spiro atoms. The molecule has 27 heavy (non-hydrogen) atoms. The molecule has 2 aromatic heterocycles. The van der Waals surface area contributed by atoms with Crippen molar-refractivity contribution >= 4 is 22.0 Å². The minimum absolute atomic E-state index is 0.391. The van der Waals surface area contributed by atoms with Gasteiger partial charge in [0.2, 0.25) is 0 Å². The zero-order valence-corrected chi connectivity index (χ0v) is 14.7. The molecule has 0 N–H and O–H groups in total. The van der Waals surface area contributed by atoms with Gasteiger partial charge in [0.05, 0.1) is 11.0 Å². The zero-order chi connectivity index (χ0) is 18.4. The molecular weight excluding hydrogens is 336 g/mol. The van der Waals surface area contributed by atoms with Gasteiger partial charge in [-0.1, -0.05) is 48.0 Å². The topological polar surface area (TPSA) is 48.0 Å². The largest absolute Gasteiger partial charge is 0.422 e. The average Bonchev–Trinajstić information content (AvgIpc) is 3.07. The van der Waals surface area contributed by atoms with Gasteiger partial charge in [0, 0.05) is 11.1 Å². The average molecular weight is 352 g/mol. The first-order valence-electron chi connectivity index (χ1n) is 8.78. The van der Waals surface area contributed by atoms with E-state index in [9.17, 15) is 4.79 Å². The zero-order valence-electron chi connectivity index (χ0n) is 14.7. The van der Waals surface area contributed by atoms with Crippen LogP contribution < -0.4 is 5.63 Å². The van der Waals surface area contributed by atoms with Crippen LogP contribution in [0.3, 0.4) is 0 Å². The molecule has 3 aromatic carbocycles. The van der Waals surface area contributed by atoms with Crippen molar-refractivity contribution in [3.63, 3.8) is 0 Å². The second-order valence-corrected chi connectivity index (χ2v) is 6.58. The number of nitrogens with zero attached hydrogens (tertiary/aromatic N) is 2. The van der Waals surface area contributed by atoms with Crippen molar-refractivity contribution in [2.75, 3.05) is 0 Å². The highest BCUT2D eigenvalue weighted by Gasteiger charge is 2.18. The number of benzene rings is 3. The van der Waals surface area contributed by atoms with Gasteiger partial charge in [-0.3, -0.25) is 4.57 Å². The van der Waals surface area contributed by atoms with Crippen LogP contribution in [0.25, 0.3) is 39.1 Å². The van der Waals surface area contributed by atoms with Crippen molar-refractivity contribution in [1.29, 1.82) is 0 Å². The van der Waals surface area contributed by atoms with Crippen LogP contribution in [0.1, 0.15) is 5.56 Å². The second-order valence-electron chi connectivity index (χ2n) is 6.58. The fourth-order valence-electron chi connectivity index (χ4n) is 3.38. The Morgan fingerprint density at radius 1 is 0.889 bits per heavy atom. The first-order valence-corrected chi connectivity index (χ1v) is 8.78. The van der Waals surface area contributed by atoms with Gasteiger partial charge < -0.3 is 4.42 Å². The van der Waals surface area contributed by atoms with Gasteiger partial charge in [0.1, 0.15) is 11.1 Å². The summed E-state index contributed by atoms with van der Waals surface area (Å²) in [5.41, 5.74) is 4.54. The van der Waals surface area contributed by atoms with Gasteiger partial charge in [-0.05, 0) is 43.3 Å². The van der Waals surface area contributed by atoms with Crippen LogP contribution in [0.4, 0.5) is 0 Å². The number of fused-ring (bicyclic) bond motifs is 2. The standard InChI is InChI=1S/C23H16N2O2/c1-15-10-12-17(13-11-15)25-20-8-4-3-7-19(20)24-22(25)18-14-16-6-2-5-9-21(16)27-23(18)26/h2-14H,1H3. The van der Waals surface area contributed by atoms with Gasteiger partial charge >= 0.3 is 5.63 Å². The van der Waals surface area contributed by atoms with Crippen molar-refractivity contribution in [2.45, 2.75) is 6.92 Å². The maximum atomic E-state index is 12.7. The van der Waals surface area contributed by atoms with Crippen LogP contribution >= 0.6 is 0 Å². The van der Waals surface area contributed by atoms with E-state index in [0.717, 1.165) is 22.1 Å². The minimum Gasteiger partial charge on any atom is -0.422 e. The van der Waals surface area contributed by atoms with E-state index in [1.54, 1.807) is 6.07 Å². The summed E-state index contributed by atoms with van der Waals surface area (Å²) >= 11 is 0. The molecule has 5 aromatic rings. The van der Waals surface area contributed by atoms with Gasteiger partial charge in [-0.25, -0.2) is 9.78 Å². The number of hydrogen-bond acceptors (Lipinski definition) is 3. The van der Waals surface area contributed by atoms with E-state index in [0.29, 0.717) is 17.0 Å². The highest BCUT2D eigenvalue weighted by molar-refractivity contribution is 5.86. The molecule has 0 atom stereocenters. The van der Waals surface area contributed by atoms with Crippen molar-refractivity contribution < 1.29 is 4.42 Å². The Morgan fingerprint density at radius 3 is 2.48 bits per heavy atom. The summed E-state index contributed by atoms with van der Waals surface area (Å²) < 4.78 is 7.55. The van der Waals surface area contributed by atoms with E-state index in [2.05, 4.69) is 19.1 Å². The Labute approximate surface area is 155 Å². The minimum atomic E-state index is -0.391. The molecule has 5 rings (SSSR count). The molecule has 4 heteroatoms. The third kappa shape index (κ3) is 2.54. The van der Waals surface area contributed by atoms with Crippen LogP contribution in [0, 0.1) is 6.92 Å². The van der Waals surface area contributed by atoms with Crippen LogP contribution in [0.5, 0.6) is 0 Å². The highest BCUT2D eigenvalue weighted by Crippen LogP contribution is 2.28. The predicted octanol–water partition coefficient (Wildman–Crippen LogP) is 5.11. The van der Waals surface area contributed by atoms with Crippen molar-refractivity contribution in [3.05, 3.63) is 94.8 Å². The van der Waals surface area contributed by atoms with Crippen molar-refractivity contribution in [2.24, 2.45) is 0 Å². The summed E-state index contributed by atoms with van der Waals surface area (Å²) in [5.74, 6) is 0.583. The molecule has 130 valence electrons. The summed E-state index contributed by atoms with van der Waals surface area (Å²) in [6, 6.07) is 25.4. The number of imidazole rings is 1. The van der Waals surface area contributed by atoms with Gasteiger partial charge in [0.25, 0.3) is 0 Å². The summed E-state index contributed by atoms with van der Waals surface area (Å²) in [5, 5.41) is 0.870. The molecule has 2 heterocycles. The normalized spacial score (nSPS) is 11.3. The van der Waals surface area contributed by atoms with Crippen LogP contribution in [0.2, 0.25) is 0 Å². The third-order valence-electron chi connectivity index (χ3n) is 4.74. The number of rotatable bonds is 2. The quantitative estimate of drug-likeness (QED) is 0.415. The van der Waals surface area contributed by atoms with Gasteiger partial charge in [-0.2, -0.15) is 0 Å². The van der Waals surface area contributed by atoms with Crippen LogP contribution in [0.15, 0.2) is 88.1 Å². The predicted molar refractivity (Wildman–Crippen MR) is 107 cm³/mol. The maximum Gasteiger partial charge on any atom is 0.347 e. The number of hydrogen-bond donors (Lipinski definition) is 0. The Morgan fingerprint density at radius 2 is 1.63 bits per heavy atom. The molecule has 0 aliphatic carbocycles. The summed E-state index contributed by atoms with van der Waals surface area (Å²) in [6.07, 6.45) is 0. The Hall–Kier alpha value is -3.66. The molecule has 4 nitrogen and oxygen atoms in total. The molecular formula is C23H16N2O2. The molecule has 0 aliphatic rings. The highest BCUT2D eigenvalue weighted by atomic mass is 16.4. The summed E-state index contributed by atoms with van der Waals surface area (Å²) in [7, 11) is 0. The van der Waals surface area contributed by atoms with E-state index >= 15 is 0 Å². The molecule has 0 bridgehead atoms. The van der Waals surface area contributed by atoms with E-state index in [1.165, 1.54) is 5.56 Å². The lowest BCUT2D eigenvalue weighted by Gasteiger charge is -2.10. The SMILES string of the molecule is Cc1ccc(-n2c(-c3cc4ccccc4oc3=O)nc3ccccc32)cc1. The molecule has 0 amide bonds. The first-order chi connectivity index (χ1) is 13.2. The van der Waals surface area contributed by atoms with Crippen molar-refractivity contribution in [1.82, 2.24) is 9.55 Å². The fourth-order valence-corrected chi connectivity index (χ4v) is 3.38. The lowest BCUT2D eigenvalue weighted by molar-refractivity contribution is 0.562. The van der Waals surface area contributed by atoms with Crippen LogP contribution in [-0.4, -0.2) is 9.55 Å². The van der Waals surface area contributed by atoms with Gasteiger partial charge in [0.15, 0.2) is 5.82 Å². The molecule has 0 saturated heterocycles. The fraction of sp³-hybridized carbons (Fsp3) is 0.0435. The van der Waals surface area contributed by atoms with Gasteiger partial charge in [-0.15, -0.1) is 0 Å². The van der Waals surface area contributed by atoms with Crippen LogP contribution in [-0.2, 0) is 0 Å². The second kappa shape index (κ2) is 5.95. The van der Waals surface area contributed by atoms with E-state index < -0.39 is 5.63 Å². The number of aromatic nitrogens is 2. The summed E-state index contributed by atoms with van der Waals surface area (Å²) in [6.45, 7) is 2.05. The smallest absolute Gasteiger partial charge is 0.347 e. The molecule has 0 aliphatic heterocycles. The van der Waals surface area contributed by atoms with Crippen molar-refractivity contribution in [3.8, 4) is 17.1 Å². The molecule has 0 fully saturated rings. The number of aryl methyl sites for hydroxylation is 1. The van der Waals surface area contributed by atoms with E-state index in [1.807, 2.05) is 65.2 Å². The van der Waals surface area contributed by atoms with E-state index in [4.69, 9.17) is 9.40 Å².